The number of halogens is 1. The maximum Gasteiger partial charge on any atom is 0.160 e. The van der Waals surface area contributed by atoms with Gasteiger partial charge in [-0.3, -0.25) is 0 Å². The Labute approximate surface area is 62.7 Å². The zero-order chi connectivity index (χ0) is 5.98. The fourth-order valence-electron chi connectivity index (χ4n) is 0.669. The van der Waals surface area contributed by atoms with E-state index >= 15 is 0 Å². The van der Waals surface area contributed by atoms with Gasteiger partial charge in [0.25, 0.3) is 0 Å². The van der Waals surface area contributed by atoms with Gasteiger partial charge in [0.1, 0.15) is 0 Å². The van der Waals surface area contributed by atoms with Gasteiger partial charge in [-0.15, -0.1) is 0 Å². The van der Waals surface area contributed by atoms with E-state index in [4.69, 9.17) is 9.47 Å². The highest BCUT2D eigenvalue weighted by atomic mass is 127. The summed E-state index contributed by atoms with van der Waals surface area (Å²) in [6.45, 7) is 0. The molecule has 0 aromatic heterocycles. The Bertz CT molecular complexity index is 62.8. The van der Waals surface area contributed by atoms with Gasteiger partial charge in [0.05, 0.1) is 6.10 Å². The van der Waals surface area contributed by atoms with Crippen LogP contribution in [0, 0.1) is 0 Å². The van der Waals surface area contributed by atoms with Gasteiger partial charge in [0, 0.05) is 18.0 Å². The first-order valence-corrected chi connectivity index (χ1v) is 4.13. The number of ether oxygens (including phenoxy) is 2. The minimum absolute atomic E-state index is 0.0924. The van der Waals surface area contributed by atoms with Crippen LogP contribution in [0.15, 0.2) is 0 Å². The monoisotopic (exact) mass is 228 g/mol. The largest absolute Gasteiger partial charge is 0.356 e. The van der Waals surface area contributed by atoms with Gasteiger partial charge < -0.3 is 9.47 Å². The molecule has 2 nitrogen and oxygen atoms in total. The van der Waals surface area contributed by atoms with Crippen LogP contribution in [0.25, 0.3) is 0 Å². The average molecular weight is 228 g/mol. The lowest BCUT2D eigenvalue weighted by molar-refractivity contribution is -0.236. The van der Waals surface area contributed by atoms with Gasteiger partial charge in [-0.05, 0) is 0 Å². The second-order valence-electron chi connectivity index (χ2n) is 1.81. The molecule has 0 aromatic rings. The van der Waals surface area contributed by atoms with E-state index in [0.717, 1.165) is 10.8 Å². The highest BCUT2D eigenvalue weighted by Crippen LogP contribution is 2.21. The Morgan fingerprint density at radius 1 is 1.88 bits per heavy atom. The van der Waals surface area contributed by atoms with Crippen LogP contribution in [0.2, 0.25) is 0 Å². The normalized spacial score (nSPS) is 36.8. The summed E-state index contributed by atoms with van der Waals surface area (Å²) in [5.74, 6) is 0. The molecule has 0 spiro atoms. The van der Waals surface area contributed by atoms with Gasteiger partial charge >= 0.3 is 0 Å². The summed E-state index contributed by atoms with van der Waals surface area (Å²) in [6.07, 6.45) is 1.62. The summed E-state index contributed by atoms with van der Waals surface area (Å²) in [4.78, 5) is 0. The molecule has 1 aliphatic rings. The maximum atomic E-state index is 5.21. The predicted molar refractivity (Wildman–Crippen MR) is 39.2 cm³/mol. The van der Waals surface area contributed by atoms with Crippen LogP contribution in [-0.4, -0.2) is 23.9 Å². The Morgan fingerprint density at radius 3 is 2.88 bits per heavy atom. The van der Waals surface area contributed by atoms with Crippen molar-refractivity contribution >= 4 is 22.6 Å². The van der Waals surface area contributed by atoms with Crippen LogP contribution in [0.3, 0.4) is 0 Å². The fourth-order valence-corrected chi connectivity index (χ4v) is 1.24. The first kappa shape index (κ1) is 6.77. The molecule has 0 N–H and O–H groups in total. The molecule has 0 saturated carbocycles. The van der Waals surface area contributed by atoms with Crippen LogP contribution < -0.4 is 0 Å². The quantitative estimate of drug-likeness (QED) is 0.522. The van der Waals surface area contributed by atoms with Crippen molar-refractivity contribution in [3.05, 3.63) is 0 Å². The van der Waals surface area contributed by atoms with Crippen molar-refractivity contribution in [3.8, 4) is 0 Å². The summed E-state index contributed by atoms with van der Waals surface area (Å²) < 4.78 is 11.2. The van der Waals surface area contributed by atoms with E-state index in [0.29, 0.717) is 6.10 Å². The number of rotatable bonds is 2. The van der Waals surface area contributed by atoms with Crippen molar-refractivity contribution in [2.45, 2.75) is 18.8 Å². The van der Waals surface area contributed by atoms with Gasteiger partial charge in [-0.2, -0.15) is 0 Å². The standard InChI is InChI=1S/C5H9IO2/c1-7-5-2-4(3-6)8-5/h4-5H,2-3H2,1H3. The van der Waals surface area contributed by atoms with Crippen molar-refractivity contribution in [3.63, 3.8) is 0 Å². The third-order valence-corrected chi connectivity index (χ3v) is 2.22. The lowest BCUT2D eigenvalue weighted by Gasteiger charge is -2.33. The second kappa shape index (κ2) is 2.98. The third kappa shape index (κ3) is 1.33. The molecule has 0 aromatic carbocycles. The molecule has 1 heterocycles. The van der Waals surface area contributed by atoms with Gasteiger partial charge in [0.15, 0.2) is 6.29 Å². The highest BCUT2D eigenvalue weighted by Gasteiger charge is 2.28. The summed E-state index contributed by atoms with van der Waals surface area (Å²) >= 11 is 2.31. The first-order chi connectivity index (χ1) is 3.86. The molecule has 1 rings (SSSR count). The number of hydrogen-bond acceptors (Lipinski definition) is 2. The zero-order valence-corrected chi connectivity index (χ0v) is 6.92. The van der Waals surface area contributed by atoms with Gasteiger partial charge in [-0.1, -0.05) is 22.6 Å². The Hall–Kier alpha value is 0.650. The lowest BCUT2D eigenvalue weighted by Crippen LogP contribution is -2.39. The molecule has 2 atom stereocenters. The van der Waals surface area contributed by atoms with Crippen molar-refractivity contribution in [1.82, 2.24) is 0 Å². The van der Waals surface area contributed by atoms with Crippen molar-refractivity contribution in [2.24, 2.45) is 0 Å². The molecule has 0 aliphatic carbocycles. The third-order valence-electron chi connectivity index (χ3n) is 1.23. The van der Waals surface area contributed by atoms with Crippen molar-refractivity contribution in [2.75, 3.05) is 11.5 Å². The van der Waals surface area contributed by atoms with Crippen molar-refractivity contribution in [1.29, 1.82) is 0 Å². The molecule has 0 radical (unpaired) electrons. The first-order valence-electron chi connectivity index (χ1n) is 2.61. The number of alkyl halides is 1. The summed E-state index contributed by atoms with van der Waals surface area (Å²) in [7, 11) is 1.67. The molecular weight excluding hydrogens is 219 g/mol. The average Bonchev–Trinajstić information content (AvgIpc) is 1.65. The van der Waals surface area contributed by atoms with Gasteiger partial charge in [-0.25, -0.2) is 0 Å². The van der Waals surface area contributed by atoms with E-state index in [1.807, 2.05) is 0 Å². The molecule has 1 fully saturated rings. The van der Waals surface area contributed by atoms with Crippen molar-refractivity contribution < 1.29 is 9.47 Å². The van der Waals surface area contributed by atoms with Crippen LogP contribution in [-0.2, 0) is 9.47 Å². The maximum absolute atomic E-state index is 5.21. The second-order valence-corrected chi connectivity index (χ2v) is 2.69. The Balaban J connectivity index is 2.03. The Morgan fingerprint density at radius 2 is 2.50 bits per heavy atom. The summed E-state index contributed by atoms with van der Waals surface area (Å²) in [6, 6.07) is 0. The molecule has 0 bridgehead atoms. The Kier molecular flexibility index (Phi) is 2.52. The van der Waals surface area contributed by atoms with Gasteiger partial charge in [0.2, 0.25) is 0 Å². The van der Waals surface area contributed by atoms with Crippen LogP contribution in [0.1, 0.15) is 6.42 Å². The lowest BCUT2D eigenvalue weighted by atomic mass is 10.2. The van der Waals surface area contributed by atoms with E-state index in [-0.39, 0.29) is 6.29 Å². The van der Waals surface area contributed by atoms with Crippen LogP contribution >= 0.6 is 22.6 Å². The molecule has 3 heteroatoms. The minimum Gasteiger partial charge on any atom is -0.356 e. The van der Waals surface area contributed by atoms with E-state index in [1.165, 1.54) is 0 Å². The molecule has 8 heavy (non-hydrogen) atoms. The van der Waals surface area contributed by atoms with Crippen LogP contribution in [0.5, 0.6) is 0 Å². The highest BCUT2D eigenvalue weighted by molar-refractivity contribution is 14.1. The topological polar surface area (TPSA) is 18.5 Å². The zero-order valence-electron chi connectivity index (χ0n) is 4.76. The SMILES string of the molecule is COC1CC(CI)O1. The predicted octanol–water partition coefficient (Wildman–Crippen LogP) is 1.18. The van der Waals surface area contributed by atoms with E-state index < -0.39 is 0 Å². The van der Waals surface area contributed by atoms with E-state index in [9.17, 15) is 0 Å². The smallest absolute Gasteiger partial charge is 0.160 e. The number of hydrogen-bond donors (Lipinski definition) is 0. The molecule has 2 unspecified atom stereocenters. The van der Waals surface area contributed by atoms with E-state index in [2.05, 4.69) is 22.6 Å². The molecule has 1 aliphatic heterocycles. The van der Waals surface area contributed by atoms with E-state index in [1.54, 1.807) is 7.11 Å². The molecule has 0 amide bonds. The number of methoxy groups -OCH3 is 1. The van der Waals surface area contributed by atoms with Crippen LogP contribution in [0.4, 0.5) is 0 Å². The fraction of sp³-hybridized carbons (Fsp3) is 1.00. The minimum atomic E-state index is 0.0924. The molecule has 48 valence electrons. The summed E-state index contributed by atoms with van der Waals surface area (Å²) in [5.41, 5.74) is 0. The summed E-state index contributed by atoms with van der Waals surface area (Å²) in [5, 5.41) is 0. The molecule has 1 saturated heterocycles. The molecular formula is C5H9IO2.